The van der Waals surface area contributed by atoms with Gasteiger partial charge in [0, 0.05) is 18.8 Å². The zero-order valence-electron chi connectivity index (χ0n) is 17.5. The number of carboxylic acid groups (broad SMARTS) is 1. The molecule has 154 valence electrons. The number of Topliss-reactive ketones (excluding diaryl/α,β-unsaturated/α-hetero) is 1. The Bertz CT molecular complexity index is 532. The van der Waals surface area contributed by atoms with Crippen LogP contribution >= 0.6 is 0 Å². The van der Waals surface area contributed by atoms with E-state index in [1.165, 1.54) is 0 Å². The molecule has 0 heterocycles. The fraction of sp³-hybridized carbons (Fsp3) is 0.739. The van der Waals surface area contributed by atoms with Crippen LogP contribution in [-0.4, -0.2) is 28.1 Å². The highest BCUT2D eigenvalue weighted by atomic mass is 16.4. The smallest absolute Gasteiger partial charge is 0.303 e. The second kappa shape index (κ2) is 11.4. The number of aliphatic carboxylic acids is 1. The summed E-state index contributed by atoms with van der Waals surface area (Å²) in [7, 11) is 0. The van der Waals surface area contributed by atoms with Crippen LogP contribution in [0.5, 0.6) is 0 Å². The van der Waals surface area contributed by atoms with Gasteiger partial charge in [-0.3, -0.25) is 9.59 Å². The molecule has 4 nitrogen and oxygen atoms in total. The molecule has 1 aliphatic rings. The van der Waals surface area contributed by atoms with Crippen molar-refractivity contribution < 1.29 is 19.8 Å². The van der Waals surface area contributed by atoms with E-state index in [9.17, 15) is 14.7 Å². The Kier molecular flexibility index (Phi) is 10.00. The first-order valence-corrected chi connectivity index (χ1v) is 10.4. The van der Waals surface area contributed by atoms with E-state index in [1.54, 1.807) is 0 Å². The van der Waals surface area contributed by atoms with Gasteiger partial charge >= 0.3 is 5.97 Å². The van der Waals surface area contributed by atoms with Crippen molar-refractivity contribution in [3.63, 3.8) is 0 Å². The maximum absolute atomic E-state index is 12.4. The summed E-state index contributed by atoms with van der Waals surface area (Å²) < 4.78 is 0. The van der Waals surface area contributed by atoms with E-state index in [0.29, 0.717) is 31.0 Å². The average Bonchev–Trinajstić information content (AvgIpc) is 2.86. The molecule has 0 bridgehead atoms. The van der Waals surface area contributed by atoms with E-state index in [2.05, 4.69) is 33.8 Å². The first-order valence-electron chi connectivity index (χ1n) is 10.4. The summed E-state index contributed by atoms with van der Waals surface area (Å²) in [6.45, 7) is 8.46. The summed E-state index contributed by atoms with van der Waals surface area (Å²) in [6, 6.07) is 0. The molecule has 27 heavy (non-hydrogen) atoms. The lowest BCUT2D eigenvalue weighted by Crippen LogP contribution is -2.28. The van der Waals surface area contributed by atoms with Gasteiger partial charge in [-0.1, -0.05) is 64.8 Å². The van der Waals surface area contributed by atoms with Gasteiger partial charge in [-0.15, -0.1) is 0 Å². The summed E-state index contributed by atoms with van der Waals surface area (Å²) in [5.74, 6) is -0.0401. The van der Waals surface area contributed by atoms with E-state index < -0.39 is 12.1 Å². The van der Waals surface area contributed by atoms with E-state index in [0.717, 1.165) is 25.7 Å². The Morgan fingerprint density at radius 2 is 2.00 bits per heavy atom. The number of aliphatic hydroxyl groups is 1. The van der Waals surface area contributed by atoms with E-state index in [4.69, 9.17) is 5.11 Å². The van der Waals surface area contributed by atoms with E-state index in [1.807, 2.05) is 18.2 Å². The minimum atomic E-state index is -0.770. The Balaban J connectivity index is 2.63. The van der Waals surface area contributed by atoms with Gasteiger partial charge in [0.05, 0.1) is 6.10 Å². The molecule has 1 unspecified atom stereocenters. The van der Waals surface area contributed by atoms with Gasteiger partial charge in [0.15, 0.2) is 0 Å². The largest absolute Gasteiger partial charge is 0.481 e. The molecule has 0 aromatic rings. The predicted molar refractivity (Wildman–Crippen MR) is 109 cm³/mol. The fourth-order valence-corrected chi connectivity index (χ4v) is 3.83. The monoisotopic (exact) mass is 378 g/mol. The van der Waals surface area contributed by atoms with Crippen LogP contribution in [0.2, 0.25) is 0 Å². The molecule has 0 saturated heterocycles. The van der Waals surface area contributed by atoms with Crippen LogP contribution in [0.1, 0.15) is 79.1 Å². The highest BCUT2D eigenvalue weighted by Gasteiger charge is 2.38. The Morgan fingerprint density at radius 1 is 1.30 bits per heavy atom. The number of allylic oxidation sites excluding steroid dienone is 3. The number of ketones is 1. The Morgan fingerprint density at radius 3 is 2.63 bits per heavy atom. The molecule has 4 atom stereocenters. The first-order chi connectivity index (χ1) is 12.7. The van der Waals surface area contributed by atoms with Crippen molar-refractivity contribution >= 4 is 11.8 Å². The lowest BCUT2D eigenvalue weighted by Gasteiger charge is -2.29. The number of carboxylic acids is 1. The molecule has 0 radical (unpaired) electrons. The molecule has 0 aromatic heterocycles. The van der Waals surface area contributed by atoms with Crippen molar-refractivity contribution in [3.05, 3.63) is 24.3 Å². The molecule has 0 amide bonds. The number of unbranched alkanes of at least 4 members (excludes halogenated alkanes) is 2. The fourth-order valence-electron chi connectivity index (χ4n) is 3.83. The van der Waals surface area contributed by atoms with Crippen molar-refractivity contribution in [1.29, 1.82) is 0 Å². The Labute approximate surface area is 164 Å². The molecule has 1 saturated carbocycles. The molecule has 0 spiro atoms. The molecule has 0 aromatic carbocycles. The van der Waals surface area contributed by atoms with Gasteiger partial charge in [-0.25, -0.2) is 0 Å². The standard InChI is InChI=1S/C23H38O4/c1-5-6-15-23(3,4)21(25)14-13-18-17(2)16-20(24)19(18)11-9-7-8-10-12-22(26)27/h7,9,13-14,17-19,21,25H,5-6,8,10-12,15-16H2,1-4H3,(H,26,27)/t17-,18?,19-,21-/m1/s1. The minimum Gasteiger partial charge on any atom is -0.481 e. The second-order valence-electron chi connectivity index (χ2n) is 8.75. The third-order valence-corrected chi connectivity index (χ3v) is 5.87. The van der Waals surface area contributed by atoms with Gasteiger partial charge in [-0.05, 0) is 42.9 Å². The number of hydrogen-bond donors (Lipinski definition) is 2. The highest BCUT2D eigenvalue weighted by Crippen LogP contribution is 2.38. The van der Waals surface area contributed by atoms with Gasteiger partial charge < -0.3 is 10.2 Å². The summed E-state index contributed by atoms with van der Waals surface area (Å²) in [4.78, 5) is 22.9. The molecule has 1 rings (SSSR count). The maximum Gasteiger partial charge on any atom is 0.303 e. The van der Waals surface area contributed by atoms with Gasteiger partial charge in [0.1, 0.15) is 5.78 Å². The van der Waals surface area contributed by atoms with Crippen molar-refractivity contribution in [2.75, 3.05) is 0 Å². The highest BCUT2D eigenvalue weighted by molar-refractivity contribution is 5.84. The third kappa shape index (κ3) is 8.00. The maximum atomic E-state index is 12.4. The van der Waals surface area contributed by atoms with Crippen LogP contribution in [0, 0.1) is 23.2 Å². The number of rotatable bonds is 12. The van der Waals surface area contributed by atoms with Gasteiger partial charge in [0.25, 0.3) is 0 Å². The van der Waals surface area contributed by atoms with Gasteiger partial charge in [-0.2, -0.15) is 0 Å². The van der Waals surface area contributed by atoms with Crippen molar-refractivity contribution in [2.45, 2.75) is 85.2 Å². The van der Waals surface area contributed by atoms with Crippen LogP contribution in [0.15, 0.2) is 24.3 Å². The van der Waals surface area contributed by atoms with E-state index >= 15 is 0 Å². The van der Waals surface area contributed by atoms with Crippen LogP contribution in [0.3, 0.4) is 0 Å². The SMILES string of the molecule is CCCCC(C)(C)[C@H](O)C=CC1[C@H](C)CC(=O)[C@@H]1CC=CCCCC(=O)O. The quantitative estimate of drug-likeness (QED) is 0.363. The first kappa shape index (κ1) is 23.6. The number of carbonyl (C=O) groups excluding carboxylic acids is 1. The summed E-state index contributed by atoms with van der Waals surface area (Å²) >= 11 is 0. The minimum absolute atomic E-state index is 0.0297. The van der Waals surface area contributed by atoms with Crippen LogP contribution in [-0.2, 0) is 9.59 Å². The van der Waals surface area contributed by atoms with Crippen molar-refractivity contribution in [2.24, 2.45) is 23.2 Å². The van der Waals surface area contributed by atoms with Gasteiger partial charge in [0.2, 0.25) is 0 Å². The lowest BCUT2D eigenvalue weighted by atomic mass is 9.80. The van der Waals surface area contributed by atoms with E-state index in [-0.39, 0.29) is 23.7 Å². The van der Waals surface area contributed by atoms with Crippen molar-refractivity contribution in [3.8, 4) is 0 Å². The molecule has 4 heteroatoms. The Hall–Kier alpha value is -1.42. The lowest BCUT2D eigenvalue weighted by molar-refractivity contribution is -0.137. The number of hydrogen-bond acceptors (Lipinski definition) is 3. The summed E-state index contributed by atoms with van der Waals surface area (Å²) in [5.41, 5.74) is -0.155. The van der Waals surface area contributed by atoms with Crippen LogP contribution in [0.4, 0.5) is 0 Å². The number of aliphatic hydroxyl groups excluding tert-OH is 1. The summed E-state index contributed by atoms with van der Waals surface area (Å²) in [6.07, 6.45) is 13.5. The van der Waals surface area contributed by atoms with Crippen molar-refractivity contribution in [1.82, 2.24) is 0 Å². The molecular weight excluding hydrogens is 340 g/mol. The topological polar surface area (TPSA) is 74.6 Å². The second-order valence-corrected chi connectivity index (χ2v) is 8.75. The average molecular weight is 379 g/mol. The molecule has 1 fully saturated rings. The number of carbonyl (C=O) groups is 2. The zero-order chi connectivity index (χ0) is 20.4. The molecule has 1 aliphatic carbocycles. The summed E-state index contributed by atoms with van der Waals surface area (Å²) in [5, 5.41) is 19.2. The molecule has 2 N–H and O–H groups in total. The van der Waals surface area contributed by atoms with Crippen LogP contribution in [0.25, 0.3) is 0 Å². The molecule has 0 aliphatic heterocycles. The normalized spacial score (nSPS) is 24.9. The predicted octanol–water partition coefficient (Wildman–Crippen LogP) is 5.16. The third-order valence-electron chi connectivity index (χ3n) is 5.87. The molecular formula is C23H38O4. The zero-order valence-corrected chi connectivity index (χ0v) is 17.5. The van der Waals surface area contributed by atoms with Crippen LogP contribution < -0.4 is 0 Å².